The minimum absolute atomic E-state index is 0.0276. The Bertz CT molecular complexity index is 502. The molecule has 0 aliphatic rings. The molecule has 0 aliphatic heterocycles. The molecule has 0 amide bonds. The van der Waals surface area contributed by atoms with Crippen molar-refractivity contribution >= 4 is 17.7 Å². The van der Waals surface area contributed by atoms with Crippen molar-refractivity contribution in [1.29, 1.82) is 0 Å². The van der Waals surface area contributed by atoms with Crippen molar-refractivity contribution < 1.29 is 24.5 Å². The first kappa shape index (κ1) is 18.5. The van der Waals surface area contributed by atoms with Gasteiger partial charge in [-0.1, -0.05) is 13.8 Å². The predicted molar refractivity (Wildman–Crippen MR) is 88.1 cm³/mol. The van der Waals surface area contributed by atoms with Gasteiger partial charge in [-0.05, 0) is 12.3 Å². The van der Waals surface area contributed by atoms with Crippen LogP contribution in [0.15, 0.2) is 12.1 Å². The maximum absolute atomic E-state index is 10.7. The third-order valence-corrected chi connectivity index (χ3v) is 4.46. The van der Waals surface area contributed by atoms with Crippen molar-refractivity contribution in [2.45, 2.75) is 31.9 Å². The molecule has 0 spiro atoms. The summed E-state index contributed by atoms with van der Waals surface area (Å²) in [5.74, 6) is 1.28. The number of aliphatic carboxylic acids is 1. The molecule has 5 nitrogen and oxygen atoms in total. The highest BCUT2D eigenvalue weighted by Crippen LogP contribution is 2.46. The normalized spacial score (nSPS) is 12.2. The number of methoxy groups -OCH3 is 2. The average molecular weight is 328 g/mol. The van der Waals surface area contributed by atoms with Crippen molar-refractivity contribution in [3.8, 4) is 17.2 Å². The molecule has 22 heavy (non-hydrogen) atoms. The van der Waals surface area contributed by atoms with E-state index in [9.17, 15) is 9.90 Å². The number of carboxylic acid groups (broad SMARTS) is 1. The minimum Gasteiger partial charge on any atom is -0.507 e. The van der Waals surface area contributed by atoms with E-state index in [0.717, 1.165) is 6.42 Å². The zero-order valence-electron chi connectivity index (χ0n) is 13.5. The highest BCUT2D eigenvalue weighted by Gasteiger charge is 2.23. The van der Waals surface area contributed by atoms with E-state index < -0.39 is 5.97 Å². The number of hydrogen-bond donors (Lipinski definition) is 2. The van der Waals surface area contributed by atoms with E-state index in [1.54, 1.807) is 19.2 Å². The lowest BCUT2D eigenvalue weighted by molar-refractivity contribution is -0.136. The Morgan fingerprint density at radius 1 is 1.27 bits per heavy atom. The molecule has 1 aromatic rings. The first-order valence-corrected chi connectivity index (χ1v) is 8.22. The number of benzene rings is 1. The van der Waals surface area contributed by atoms with Crippen LogP contribution in [0.3, 0.4) is 0 Å². The van der Waals surface area contributed by atoms with Gasteiger partial charge in [0.05, 0.1) is 20.6 Å². The Balaban J connectivity index is 3.08. The third kappa shape index (κ3) is 5.33. The van der Waals surface area contributed by atoms with Gasteiger partial charge in [0.25, 0.3) is 0 Å². The molecule has 0 heterocycles. The fourth-order valence-electron chi connectivity index (χ4n) is 2.18. The van der Waals surface area contributed by atoms with Gasteiger partial charge in [0.1, 0.15) is 17.2 Å². The zero-order chi connectivity index (χ0) is 16.7. The zero-order valence-corrected chi connectivity index (χ0v) is 14.3. The standard InChI is InChI=1S/C16H24O5S/c1-10(2)7-14(22-6-5-15(18)19)16-12(17)8-11(20-3)9-13(16)21-4/h8-10,14,17H,5-7H2,1-4H3,(H,18,19). The second-order valence-electron chi connectivity index (χ2n) is 5.40. The number of rotatable bonds is 9. The number of hydrogen-bond acceptors (Lipinski definition) is 5. The molecule has 2 N–H and O–H groups in total. The van der Waals surface area contributed by atoms with Gasteiger partial charge in [-0.15, -0.1) is 0 Å². The highest BCUT2D eigenvalue weighted by molar-refractivity contribution is 7.99. The molecular formula is C16H24O5S. The maximum atomic E-state index is 10.7. The van der Waals surface area contributed by atoms with Crippen LogP contribution >= 0.6 is 11.8 Å². The van der Waals surface area contributed by atoms with Crippen LogP contribution in [0, 0.1) is 5.92 Å². The number of carboxylic acids is 1. The van der Waals surface area contributed by atoms with Crippen molar-refractivity contribution in [3.63, 3.8) is 0 Å². The van der Waals surface area contributed by atoms with Crippen LogP contribution in [0.5, 0.6) is 17.2 Å². The molecule has 6 heteroatoms. The van der Waals surface area contributed by atoms with E-state index in [1.165, 1.54) is 18.9 Å². The van der Waals surface area contributed by atoms with Crippen molar-refractivity contribution in [3.05, 3.63) is 17.7 Å². The lowest BCUT2D eigenvalue weighted by Gasteiger charge is -2.22. The number of phenolic OH excluding ortho intramolecular Hbond substituents is 1. The number of carbonyl (C=O) groups is 1. The molecule has 1 unspecified atom stereocenters. The molecule has 0 saturated carbocycles. The van der Waals surface area contributed by atoms with Crippen molar-refractivity contribution in [2.75, 3.05) is 20.0 Å². The van der Waals surface area contributed by atoms with Gasteiger partial charge in [-0.3, -0.25) is 4.79 Å². The summed E-state index contributed by atoms with van der Waals surface area (Å²) >= 11 is 1.53. The van der Waals surface area contributed by atoms with E-state index >= 15 is 0 Å². The van der Waals surface area contributed by atoms with E-state index in [1.807, 2.05) is 0 Å². The SMILES string of the molecule is COc1cc(O)c(C(CC(C)C)SCCC(=O)O)c(OC)c1. The molecule has 0 aromatic heterocycles. The van der Waals surface area contributed by atoms with Crippen LogP contribution in [-0.4, -0.2) is 36.2 Å². The number of thioether (sulfide) groups is 1. The summed E-state index contributed by atoms with van der Waals surface area (Å²) in [7, 11) is 3.08. The largest absolute Gasteiger partial charge is 0.507 e. The number of ether oxygens (including phenoxy) is 2. The van der Waals surface area contributed by atoms with Crippen LogP contribution < -0.4 is 9.47 Å². The summed E-state index contributed by atoms with van der Waals surface area (Å²) in [5, 5.41) is 19.1. The smallest absolute Gasteiger partial charge is 0.304 e. The summed E-state index contributed by atoms with van der Waals surface area (Å²) in [6.45, 7) is 4.19. The number of phenols is 1. The first-order chi connectivity index (χ1) is 10.4. The van der Waals surface area contributed by atoms with Gasteiger partial charge < -0.3 is 19.7 Å². The fourth-order valence-corrected chi connectivity index (χ4v) is 3.69. The summed E-state index contributed by atoms with van der Waals surface area (Å²) in [5.41, 5.74) is 0.701. The molecule has 0 fully saturated rings. The molecule has 1 atom stereocenters. The average Bonchev–Trinajstić information content (AvgIpc) is 2.44. The van der Waals surface area contributed by atoms with Gasteiger partial charge in [-0.2, -0.15) is 11.8 Å². The Kier molecular flexibility index (Phi) is 7.38. The Labute approximate surface area is 135 Å². The Morgan fingerprint density at radius 3 is 2.45 bits per heavy atom. The van der Waals surface area contributed by atoms with E-state index in [2.05, 4.69) is 13.8 Å². The topological polar surface area (TPSA) is 76.0 Å². The summed E-state index contributed by atoms with van der Waals surface area (Å²) < 4.78 is 10.5. The number of aromatic hydroxyl groups is 1. The van der Waals surface area contributed by atoms with E-state index in [-0.39, 0.29) is 17.4 Å². The maximum Gasteiger partial charge on any atom is 0.304 e. The van der Waals surface area contributed by atoms with Crippen LogP contribution in [-0.2, 0) is 4.79 Å². The van der Waals surface area contributed by atoms with Gasteiger partial charge in [0, 0.05) is 28.7 Å². The molecule has 0 saturated heterocycles. The fraction of sp³-hybridized carbons (Fsp3) is 0.562. The Morgan fingerprint density at radius 2 is 1.95 bits per heavy atom. The van der Waals surface area contributed by atoms with Crippen LogP contribution in [0.25, 0.3) is 0 Å². The lowest BCUT2D eigenvalue weighted by atomic mass is 10.00. The van der Waals surface area contributed by atoms with Gasteiger partial charge in [-0.25, -0.2) is 0 Å². The molecule has 0 bridgehead atoms. The molecule has 0 radical (unpaired) electrons. The molecular weight excluding hydrogens is 304 g/mol. The van der Waals surface area contributed by atoms with Crippen LogP contribution in [0.2, 0.25) is 0 Å². The second kappa shape index (κ2) is 8.78. The lowest BCUT2D eigenvalue weighted by Crippen LogP contribution is -2.05. The summed E-state index contributed by atoms with van der Waals surface area (Å²) in [6, 6.07) is 3.29. The molecule has 1 rings (SSSR count). The minimum atomic E-state index is -0.818. The van der Waals surface area contributed by atoms with E-state index in [0.29, 0.717) is 28.7 Å². The first-order valence-electron chi connectivity index (χ1n) is 7.17. The Hall–Kier alpha value is -1.56. The van der Waals surface area contributed by atoms with Crippen LogP contribution in [0.1, 0.15) is 37.5 Å². The van der Waals surface area contributed by atoms with Crippen molar-refractivity contribution in [1.82, 2.24) is 0 Å². The monoisotopic (exact) mass is 328 g/mol. The summed E-state index contributed by atoms with van der Waals surface area (Å²) in [4.78, 5) is 10.7. The third-order valence-electron chi connectivity index (χ3n) is 3.19. The molecule has 124 valence electrons. The van der Waals surface area contributed by atoms with Gasteiger partial charge in [0.15, 0.2) is 0 Å². The quantitative estimate of drug-likeness (QED) is 0.720. The second-order valence-corrected chi connectivity index (χ2v) is 6.71. The molecule has 1 aromatic carbocycles. The predicted octanol–water partition coefficient (Wildman–Crippen LogP) is 3.70. The summed E-state index contributed by atoms with van der Waals surface area (Å²) in [6.07, 6.45) is 0.916. The van der Waals surface area contributed by atoms with Gasteiger partial charge in [0.2, 0.25) is 0 Å². The molecule has 0 aliphatic carbocycles. The van der Waals surface area contributed by atoms with Crippen molar-refractivity contribution in [2.24, 2.45) is 5.92 Å². The van der Waals surface area contributed by atoms with Gasteiger partial charge >= 0.3 is 5.97 Å². The van der Waals surface area contributed by atoms with E-state index in [4.69, 9.17) is 14.6 Å². The van der Waals surface area contributed by atoms with Crippen LogP contribution in [0.4, 0.5) is 0 Å². The highest BCUT2D eigenvalue weighted by atomic mass is 32.2.